The lowest BCUT2D eigenvalue weighted by Gasteiger charge is -2.02. The lowest BCUT2D eigenvalue weighted by atomic mass is 10.1. The summed E-state index contributed by atoms with van der Waals surface area (Å²) in [4.78, 5) is 11.8. The summed E-state index contributed by atoms with van der Waals surface area (Å²) in [6.07, 6.45) is 0.416. The van der Waals surface area contributed by atoms with E-state index in [1.54, 1.807) is 11.8 Å². The summed E-state index contributed by atoms with van der Waals surface area (Å²) in [5.41, 5.74) is 0. The van der Waals surface area contributed by atoms with Gasteiger partial charge in [0.05, 0.1) is 0 Å². The molecule has 0 aliphatic carbocycles. The van der Waals surface area contributed by atoms with Crippen molar-refractivity contribution in [3.05, 3.63) is 42.5 Å². The Kier molecular flexibility index (Phi) is 3.86. The molecule has 0 spiro atoms. The van der Waals surface area contributed by atoms with Crippen LogP contribution >= 0.6 is 23.4 Å². The van der Waals surface area contributed by atoms with Crippen molar-refractivity contribution in [1.29, 1.82) is 0 Å². The molecule has 0 saturated heterocycles. The van der Waals surface area contributed by atoms with Gasteiger partial charge in [-0.1, -0.05) is 30.3 Å². The largest absolute Gasteiger partial charge is 0.281 e. The highest BCUT2D eigenvalue weighted by molar-refractivity contribution is 7.99. The van der Waals surface area contributed by atoms with Gasteiger partial charge < -0.3 is 0 Å². The lowest BCUT2D eigenvalue weighted by molar-refractivity contribution is -0.111. The van der Waals surface area contributed by atoms with Crippen molar-refractivity contribution < 1.29 is 4.79 Å². The molecule has 16 heavy (non-hydrogen) atoms. The van der Waals surface area contributed by atoms with Gasteiger partial charge in [-0.25, -0.2) is 0 Å². The van der Waals surface area contributed by atoms with Crippen molar-refractivity contribution in [2.75, 3.05) is 5.75 Å². The SMILES string of the molecule is O=C(Cl)CCSc1ccc2ccccc2c1. The average Bonchev–Trinajstić information content (AvgIpc) is 2.28. The maximum absolute atomic E-state index is 10.6. The molecule has 0 aromatic heterocycles. The van der Waals surface area contributed by atoms with Gasteiger partial charge in [-0.3, -0.25) is 4.79 Å². The smallest absolute Gasteiger partial charge is 0.222 e. The predicted octanol–water partition coefficient (Wildman–Crippen LogP) is 4.09. The quantitative estimate of drug-likeness (QED) is 0.601. The van der Waals surface area contributed by atoms with E-state index in [2.05, 4.69) is 30.3 Å². The van der Waals surface area contributed by atoms with Gasteiger partial charge >= 0.3 is 0 Å². The van der Waals surface area contributed by atoms with Crippen LogP contribution in [0.25, 0.3) is 10.8 Å². The van der Waals surface area contributed by atoms with E-state index in [1.807, 2.05) is 12.1 Å². The Morgan fingerprint density at radius 1 is 1.12 bits per heavy atom. The zero-order chi connectivity index (χ0) is 11.4. The van der Waals surface area contributed by atoms with Crippen LogP contribution in [0, 0.1) is 0 Å². The Morgan fingerprint density at radius 2 is 1.88 bits per heavy atom. The Hall–Kier alpha value is -0.990. The number of fused-ring (bicyclic) bond motifs is 1. The molecule has 0 aliphatic heterocycles. The Labute approximate surface area is 104 Å². The molecule has 2 aromatic carbocycles. The number of hydrogen-bond acceptors (Lipinski definition) is 2. The molecular weight excluding hydrogens is 240 g/mol. The zero-order valence-corrected chi connectivity index (χ0v) is 10.2. The molecule has 82 valence electrons. The fourth-order valence-corrected chi connectivity index (χ4v) is 2.61. The molecule has 0 atom stereocenters. The van der Waals surface area contributed by atoms with Crippen LogP contribution in [0.2, 0.25) is 0 Å². The summed E-state index contributed by atoms with van der Waals surface area (Å²) >= 11 is 6.95. The van der Waals surface area contributed by atoms with Crippen molar-refractivity contribution >= 4 is 39.4 Å². The minimum atomic E-state index is -0.270. The average molecular weight is 251 g/mol. The molecule has 1 nitrogen and oxygen atoms in total. The van der Waals surface area contributed by atoms with E-state index in [-0.39, 0.29) is 5.24 Å². The van der Waals surface area contributed by atoms with E-state index in [9.17, 15) is 4.79 Å². The monoisotopic (exact) mass is 250 g/mol. The molecule has 2 rings (SSSR count). The third-order valence-corrected chi connectivity index (χ3v) is 3.47. The molecule has 0 aliphatic rings. The number of benzene rings is 2. The van der Waals surface area contributed by atoms with Crippen LogP contribution in [0.4, 0.5) is 0 Å². The molecule has 0 N–H and O–H groups in total. The second kappa shape index (κ2) is 5.37. The van der Waals surface area contributed by atoms with Gasteiger partial charge in [-0.15, -0.1) is 11.8 Å². The molecular formula is C13H11ClOS. The highest BCUT2D eigenvalue weighted by Crippen LogP contribution is 2.24. The normalized spacial score (nSPS) is 10.6. The highest BCUT2D eigenvalue weighted by Gasteiger charge is 1.99. The van der Waals surface area contributed by atoms with Gasteiger partial charge in [0, 0.05) is 17.1 Å². The molecule has 3 heteroatoms. The fourth-order valence-electron chi connectivity index (χ4n) is 1.51. The number of carbonyl (C=O) groups is 1. The number of hydrogen-bond donors (Lipinski definition) is 0. The van der Waals surface area contributed by atoms with Crippen LogP contribution in [-0.2, 0) is 4.79 Å². The third-order valence-electron chi connectivity index (χ3n) is 2.29. The van der Waals surface area contributed by atoms with Crippen LogP contribution in [0.1, 0.15) is 6.42 Å². The predicted molar refractivity (Wildman–Crippen MR) is 70.1 cm³/mol. The van der Waals surface area contributed by atoms with Gasteiger partial charge in [0.2, 0.25) is 5.24 Å². The van der Waals surface area contributed by atoms with Crippen LogP contribution in [0.15, 0.2) is 47.4 Å². The first-order valence-electron chi connectivity index (χ1n) is 5.05. The van der Waals surface area contributed by atoms with Gasteiger partial charge in [-0.2, -0.15) is 0 Å². The first-order valence-corrected chi connectivity index (χ1v) is 6.42. The highest BCUT2D eigenvalue weighted by atomic mass is 35.5. The maximum atomic E-state index is 10.6. The van der Waals surface area contributed by atoms with Gasteiger partial charge in [0.25, 0.3) is 0 Å². The summed E-state index contributed by atoms with van der Waals surface area (Å²) in [7, 11) is 0. The van der Waals surface area contributed by atoms with Crippen molar-refractivity contribution in [2.24, 2.45) is 0 Å². The van der Waals surface area contributed by atoms with Crippen molar-refractivity contribution in [3.63, 3.8) is 0 Å². The number of carbonyl (C=O) groups excluding carboxylic acids is 1. The minimum Gasteiger partial charge on any atom is -0.281 e. The Balaban J connectivity index is 2.10. The van der Waals surface area contributed by atoms with E-state index in [4.69, 9.17) is 11.6 Å². The van der Waals surface area contributed by atoms with Crippen LogP contribution in [-0.4, -0.2) is 11.0 Å². The first-order chi connectivity index (χ1) is 7.75. The van der Waals surface area contributed by atoms with Crippen molar-refractivity contribution in [1.82, 2.24) is 0 Å². The van der Waals surface area contributed by atoms with Crippen molar-refractivity contribution in [3.8, 4) is 0 Å². The van der Waals surface area contributed by atoms with E-state index < -0.39 is 0 Å². The molecule has 0 radical (unpaired) electrons. The number of thioether (sulfide) groups is 1. The van der Waals surface area contributed by atoms with Crippen LogP contribution < -0.4 is 0 Å². The second-order valence-corrected chi connectivity index (χ2v) is 5.05. The topological polar surface area (TPSA) is 17.1 Å². The van der Waals surface area contributed by atoms with Gasteiger partial charge in [0.1, 0.15) is 0 Å². The Morgan fingerprint density at radius 3 is 2.62 bits per heavy atom. The van der Waals surface area contributed by atoms with E-state index >= 15 is 0 Å². The molecule has 0 unspecified atom stereocenters. The summed E-state index contributed by atoms with van der Waals surface area (Å²) < 4.78 is 0. The lowest BCUT2D eigenvalue weighted by Crippen LogP contribution is -1.88. The second-order valence-electron chi connectivity index (χ2n) is 3.46. The molecule has 0 heterocycles. The summed E-state index contributed by atoms with van der Waals surface area (Å²) in [6, 6.07) is 14.5. The van der Waals surface area contributed by atoms with Crippen LogP contribution in [0.3, 0.4) is 0 Å². The molecule has 0 fully saturated rings. The number of rotatable bonds is 4. The first kappa shape index (κ1) is 11.5. The van der Waals surface area contributed by atoms with Crippen LogP contribution in [0.5, 0.6) is 0 Å². The minimum absolute atomic E-state index is 0.270. The molecule has 0 saturated carbocycles. The summed E-state index contributed by atoms with van der Waals surface area (Å²) in [6.45, 7) is 0. The third kappa shape index (κ3) is 3.00. The maximum Gasteiger partial charge on any atom is 0.222 e. The molecule has 0 amide bonds. The molecule has 0 bridgehead atoms. The summed E-state index contributed by atoms with van der Waals surface area (Å²) in [5.74, 6) is 0.737. The zero-order valence-electron chi connectivity index (χ0n) is 8.65. The van der Waals surface area contributed by atoms with E-state index in [1.165, 1.54) is 15.7 Å². The van der Waals surface area contributed by atoms with E-state index in [0.717, 1.165) is 5.75 Å². The van der Waals surface area contributed by atoms with Crippen molar-refractivity contribution in [2.45, 2.75) is 11.3 Å². The molecule has 2 aromatic rings. The Bertz CT molecular complexity index is 510. The van der Waals surface area contributed by atoms with Gasteiger partial charge in [-0.05, 0) is 34.5 Å². The van der Waals surface area contributed by atoms with E-state index in [0.29, 0.717) is 6.42 Å². The van der Waals surface area contributed by atoms with Gasteiger partial charge in [0.15, 0.2) is 0 Å². The summed E-state index contributed by atoms with van der Waals surface area (Å²) in [5, 5.41) is 2.19. The fraction of sp³-hybridized carbons (Fsp3) is 0.154. The number of halogens is 1. The standard InChI is InChI=1S/C13H11ClOS/c14-13(15)7-8-16-12-6-5-10-3-1-2-4-11(10)9-12/h1-6,9H,7-8H2.